The number of urea groups is 1. The maximum atomic E-state index is 14.0. The summed E-state index contributed by atoms with van der Waals surface area (Å²) in [7, 11) is 0. The number of ether oxygens (including phenoxy) is 1. The highest BCUT2D eigenvalue weighted by atomic mass is 19.3. The minimum atomic E-state index is -2.80. The highest BCUT2D eigenvalue weighted by Crippen LogP contribution is 2.32. The summed E-state index contributed by atoms with van der Waals surface area (Å²) in [5, 5.41) is 7.41. The van der Waals surface area contributed by atoms with Crippen LogP contribution in [0, 0.1) is 23.2 Å². The van der Waals surface area contributed by atoms with Gasteiger partial charge in [0.25, 0.3) is 5.91 Å². The fourth-order valence-electron chi connectivity index (χ4n) is 5.20. The molecule has 256 valence electrons. The first-order valence-corrected chi connectivity index (χ1v) is 15.4. The van der Waals surface area contributed by atoms with Crippen LogP contribution in [-0.4, -0.2) is 78.0 Å². The number of halogens is 2. The van der Waals surface area contributed by atoms with E-state index in [1.807, 2.05) is 19.9 Å². The average Bonchev–Trinajstić information content (AvgIpc) is 3.45. The van der Waals surface area contributed by atoms with Crippen LogP contribution in [0.5, 0.6) is 0 Å². The number of hydrogen-bond acceptors (Lipinski definition) is 7. The number of likely N-dealkylation sites (tertiary alicyclic amines) is 1. The van der Waals surface area contributed by atoms with Crippen LogP contribution >= 0.6 is 0 Å². The van der Waals surface area contributed by atoms with E-state index < -0.39 is 84.4 Å². The van der Waals surface area contributed by atoms with Gasteiger partial charge in [-0.2, -0.15) is 0 Å². The Hall–Kier alpha value is -4.10. The molecule has 0 aromatic heterocycles. The first-order valence-electron chi connectivity index (χ1n) is 15.4. The second kappa shape index (κ2) is 17.0. The lowest BCUT2D eigenvalue weighted by molar-refractivity contribution is -0.143. The number of benzene rings is 1. The largest absolute Gasteiger partial charge is 0.460 e. The summed E-state index contributed by atoms with van der Waals surface area (Å²) in [5.74, 6) is -6.02. The van der Waals surface area contributed by atoms with Gasteiger partial charge >= 0.3 is 12.0 Å². The molecular weight excluding hydrogens is 604 g/mol. The van der Waals surface area contributed by atoms with E-state index in [9.17, 15) is 37.5 Å². The first-order chi connectivity index (χ1) is 21.5. The second-order valence-electron chi connectivity index (χ2n) is 13.0. The first kappa shape index (κ1) is 38.1. The highest BCUT2D eigenvalue weighted by Gasteiger charge is 2.46. The molecule has 2 rings (SSSR count). The molecule has 1 aromatic carbocycles. The molecule has 0 radical (unpaired) electrons. The van der Waals surface area contributed by atoms with E-state index in [1.54, 1.807) is 45.0 Å². The zero-order chi connectivity index (χ0) is 34.8. The molecule has 1 aliphatic heterocycles. The van der Waals surface area contributed by atoms with Gasteiger partial charge in [-0.1, -0.05) is 71.9 Å². The number of nitrogens with zero attached hydrogens (tertiary/aromatic N) is 1. The molecule has 1 heterocycles. The molecule has 5 unspecified atom stereocenters. The molecule has 5 atom stereocenters. The molecule has 1 saturated heterocycles. The molecule has 12 nitrogen and oxygen atoms in total. The van der Waals surface area contributed by atoms with Crippen LogP contribution in [-0.2, 0) is 35.3 Å². The van der Waals surface area contributed by atoms with Gasteiger partial charge in [0.05, 0.1) is 6.04 Å². The average molecular weight is 652 g/mol. The maximum Gasteiger partial charge on any atom is 0.325 e. The number of nitrogens with two attached hydrogens (primary N) is 1. The summed E-state index contributed by atoms with van der Waals surface area (Å²) < 4.78 is 32.2. The van der Waals surface area contributed by atoms with Crippen molar-refractivity contribution in [1.29, 1.82) is 0 Å². The van der Waals surface area contributed by atoms with Gasteiger partial charge in [-0.3, -0.25) is 24.0 Å². The number of amides is 5. The molecule has 1 fully saturated rings. The third kappa shape index (κ3) is 11.1. The summed E-state index contributed by atoms with van der Waals surface area (Å²) in [6.45, 7) is 10.2. The normalized spacial score (nSPS) is 18.4. The molecule has 0 spiro atoms. The summed E-state index contributed by atoms with van der Waals surface area (Å²) >= 11 is 0. The Bertz CT molecular complexity index is 1240. The number of alkyl halides is 2. The Balaban J connectivity index is 2.20. The topological polar surface area (TPSA) is 177 Å². The minimum absolute atomic E-state index is 0.00864. The zero-order valence-electron chi connectivity index (χ0n) is 27.3. The van der Waals surface area contributed by atoms with Crippen molar-refractivity contribution in [2.45, 2.75) is 92.0 Å². The fourth-order valence-corrected chi connectivity index (χ4v) is 5.20. The number of nitrogens with one attached hydrogen (secondary N) is 3. The van der Waals surface area contributed by atoms with E-state index in [0.717, 1.165) is 5.56 Å². The zero-order valence-corrected chi connectivity index (χ0v) is 27.3. The Labute approximate surface area is 268 Å². The van der Waals surface area contributed by atoms with Crippen molar-refractivity contribution in [3.8, 4) is 0 Å². The van der Waals surface area contributed by atoms with Crippen LogP contribution in [0.2, 0.25) is 0 Å². The van der Waals surface area contributed by atoms with Crippen LogP contribution in [0.25, 0.3) is 0 Å². The lowest BCUT2D eigenvalue weighted by atomic mass is 9.85. The Morgan fingerprint density at radius 2 is 1.67 bits per heavy atom. The van der Waals surface area contributed by atoms with Crippen molar-refractivity contribution in [2.75, 3.05) is 13.1 Å². The number of rotatable bonds is 15. The van der Waals surface area contributed by atoms with Gasteiger partial charge < -0.3 is 31.3 Å². The Kier molecular flexibility index (Phi) is 14.1. The van der Waals surface area contributed by atoms with E-state index in [-0.39, 0.29) is 37.8 Å². The molecule has 0 aliphatic carbocycles. The number of hydrogen-bond donors (Lipinski definition) is 4. The molecule has 0 bridgehead atoms. The van der Waals surface area contributed by atoms with Gasteiger partial charge in [0.1, 0.15) is 25.2 Å². The quantitative estimate of drug-likeness (QED) is 0.166. The summed E-state index contributed by atoms with van der Waals surface area (Å²) in [5.41, 5.74) is 5.07. The van der Waals surface area contributed by atoms with Gasteiger partial charge in [0, 0.05) is 12.5 Å². The predicted octanol–water partition coefficient (Wildman–Crippen LogP) is 2.54. The number of carbonyl (C=O) groups is 6. The van der Waals surface area contributed by atoms with E-state index in [0.29, 0.717) is 0 Å². The maximum absolute atomic E-state index is 14.0. The molecular formula is C32H47F2N5O7. The van der Waals surface area contributed by atoms with Gasteiger partial charge in [0.15, 0.2) is 0 Å². The molecule has 0 saturated carbocycles. The Morgan fingerprint density at radius 1 is 1.04 bits per heavy atom. The van der Waals surface area contributed by atoms with E-state index in [1.165, 1.54) is 11.8 Å². The predicted molar refractivity (Wildman–Crippen MR) is 165 cm³/mol. The number of Topliss-reactive ketones (excluding diaryl/α,β-unsaturated/α-hetero) is 1. The second-order valence-corrected chi connectivity index (χ2v) is 13.0. The monoisotopic (exact) mass is 651 g/mol. The van der Waals surface area contributed by atoms with E-state index in [4.69, 9.17) is 10.5 Å². The van der Waals surface area contributed by atoms with Crippen LogP contribution in [0.3, 0.4) is 0 Å². The van der Waals surface area contributed by atoms with Gasteiger partial charge in [-0.05, 0) is 42.1 Å². The lowest BCUT2D eigenvalue weighted by Gasteiger charge is -2.35. The number of carbonyl (C=O) groups excluding carboxylic acids is 6. The van der Waals surface area contributed by atoms with Crippen LogP contribution in [0.1, 0.15) is 66.4 Å². The van der Waals surface area contributed by atoms with Crippen molar-refractivity contribution >= 4 is 35.5 Å². The van der Waals surface area contributed by atoms with Crippen molar-refractivity contribution < 1.29 is 42.3 Å². The molecule has 1 aromatic rings. The van der Waals surface area contributed by atoms with Crippen LogP contribution in [0.4, 0.5) is 13.6 Å². The SMILES string of the molecule is CCC(CC(NC(=O)C1CC(C(C)C)CN1C(=O)C(NC(=O)NCC(=O)OCc1ccccc1)C(C)(C)C)C(=O)C(N)=O)C(F)F. The van der Waals surface area contributed by atoms with Crippen molar-refractivity contribution in [1.82, 2.24) is 20.9 Å². The van der Waals surface area contributed by atoms with Gasteiger partial charge in [-0.15, -0.1) is 0 Å². The molecule has 1 aliphatic rings. The van der Waals surface area contributed by atoms with Gasteiger partial charge in [0.2, 0.25) is 24.0 Å². The lowest BCUT2D eigenvalue weighted by Crippen LogP contribution is -2.60. The smallest absolute Gasteiger partial charge is 0.325 e. The molecule has 5 N–H and O–H groups in total. The van der Waals surface area contributed by atoms with Crippen LogP contribution < -0.4 is 21.7 Å². The molecule has 14 heteroatoms. The number of primary amides is 1. The number of esters is 1. The van der Waals surface area contributed by atoms with Crippen LogP contribution in [0.15, 0.2) is 30.3 Å². The van der Waals surface area contributed by atoms with Crippen molar-refractivity contribution in [2.24, 2.45) is 28.9 Å². The molecule has 5 amide bonds. The summed E-state index contributed by atoms with van der Waals surface area (Å²) in [6.07, 6.45) is -3.10. The number of ketones is 1. The summed E-state index contributed by atoms with van der Waals surface area (Å²) in [4.78, 5) is 78.2. The van der Waals surface area contributed by atoms with E-state index in [2.05, 4.69) is 16.0 Å². The van der Waals surface area contributed by atoms with Gasteiger partial charge in [-0.25, -0.2) is 13.6 Å². The summed E-state index contributed by atoms with van der Waals surface area (Å²) in [6, 6.07) is 4.31. The van der Waals surface area contributed by atoms with E-state index >= 15 is 0 Å². The van der Waals surface area contributed by atoms with Crippen molar-refractivity contribution in [3.63, 3.8) is 0 Å². The Morgan fingerprint density at radius 3 is 2.20 bits per heavy atom. The fraction of sp³-hybridized carbons (Fsp3) is 0.625. The highest BCUT2D eigenvalue weighted by molar-refractivity contribution is 6.37. The third-order valence-electron chi connectivity index (χ3n) is 8.18. The minimum Gasteiger partial charge on any atom is -0.460 e. The third-order valence-corrected chi connectivity index (χ3v) is 8.18. The van der Waals surface area contributed by atoms with Crippen molar-refractivity contribution in [3.05, 3.63) is 35.9 Å². The standard InChI is InChI=1S/C32H47F2N5O7/c1-7-20(27(33)34)13-22(25(41)28(35)42)37-29(43)23-14-21(18(2)3)16-39(23)30(44)26(32(4,5)6)38-31(45)36-15-24(40)46-17-19-11-9-8-10-12-19/h8-12,18,20-23,26-27H,7,13-17H2,1-6H3,(H2,35,42)(H,37,43)(H2,36,38,45). The molecule has 46 heavy (non-hydrogen) atoms.